The molecule has 0 saturated carbocycles. The Kier molecular flexibility index (Phi) is 2.76. The standard InChI is InChI=1S/C13H10BrN3O/c1-18-12-5-3-2-4-10(12)11-8-17-7-9(14)6-15-13(17)16-11/h2-8H,1H3. The molecule has 5 heteroatoms. The van der Waals surface area contributed by atoms with Gasteiger partial charge in [0.15, 0.2) is 0 Å². The number of nitrogens with zero attached hydrogens (tertiary/aromatic N) is 3. The summed E-state index contributed by atoms with van der Waals surface area (Å²) in [6.45, 7) is 0. The van der Waals surface area contributed by atoms with Gasteiger partial charge in [-0.1, -0.05) is 12.1 Å². The summed E-state index contributed by atoms with van der Waals surface area (Å²) in [6, 6.07) is 7.80. The molecule has 0 spiro atoms. The smallest absolute Gasteiger partial charge is 0.234 e. The van der Waals surface area contributed by atoms with Gasteiger partial charge in [-0.3, -0.25) is 4.40 Å². The molecule has 0 saturated heterocycles. The summed E-state index contributed by atoms with van der Waals surface area (Å²) in [4.78, 5) is 8.73. The third-order valence-electron chi connectivity index (χ3n) is 2.66. The van der Waals surface area contributed by atoms with E-state index in [0.717, 1.165) is 21.5 Å². The number of halogens is 1. The molecule has 0 radical (unpaired) electrons. The fourth-order valence-electron chi connectivity index (χ4n) is 1.85. The average molecular weight is 304 g/mol. The van der Waals surface area contributed by atoms with Crippen molar-refractivity contribution in [1.82, 2.24) is 14.4 Å². The van der Waals surface area contributed by atoms with E-state index < -0.39 is 0 Å². The van der Waals surface area contributed by atoms with Gasteiger partial charge in [-0.25, -0.2) is 9.97 Å². The molecule has 0 bridgehead atoms. The lowest BCUT2D eigenvalue weighted by Crippen LogP contribution is -1.87. The van der Waals surface area contributed by atoms with Gasteiger partial charge in [0.05, 0.1) is 17.3 Å². The van der Waals surface area contributed by atoms with Crippen LogP contribution in [-0.2, 0) is 0 Å². The number of imidazole rings is 1. The van der Waals surface area contributed by atoms with Crippen LogP contribution in [0, 0.1) is 0 Å². The lowest BCUT2D eigenvalue weighted by Gasteiger charge is -2.04. The maximum Gasteiger partial charge on any atom is 0.234 e. The van der Waals surface area contributed by atoms with Gasteiger partial charge >= 0.3 is 0 Å². The molecule has 4 nitrogen and oxygen atoms in total. The molecule has 3 aromatic rings. The summed E-state index contributed by atoms with van der Waals surface area (Å²) in [7, 11) is 1.66. The minimum Gasteiger partial charge on any atom is -0.496 e. The molecular weight excluding hydrogens is 294 g/mol. The van der Waals surface area contributed by atoms with E-state index in [0.29, 0.717) is 5.78 Å². The number of para-hydroxylation sites is 1. The first-order valence-corrected chi connectivity index (χ1v) is 6.21. The van der Waals surface area contributed by atoms with E-state index in [1.807, 2.05) is 41.1 Å². The third-order valence-corrected chi connectivity index (χ3v) is 3.07. The third kappa shape index (κ3) is 1.86. The van der Waals surface area contributed by atoms with Gasteiger partial charge in [0.2, 0.25) is 5.78 Å². The molecule has 0 amide bonds. The van der Waals surface area contributed by atoms with Crippen LogP contribution >= 0.6 is 15.9 Å². The molecular formula is C13H10BrN3O. The van der Waals surface area contributed by atoms with Crippen LogP contribution in [0.4, 0.5) is 0 Å². The zero-order chi connectivity index (χ0) is 12.5. The van der Waals surface area contributed by atoms with E-state index in [4.69, 9.17) is 4.74 Å². The molecule has 0 atom stereocenters. The summed E-state index contributed by atoms with van der Waals surface area (Å²) < 4.78 is 8.14. The van der Waals surface area contributed by atoms with Crippen molar-refractivity contribution < 1.29 is 4.74 Å². The van der Waals surface area contributed by atoms with E-state index in [2.05, 4.69) is 25.9 Å². The number of hydrogen-bond acceptors (Lipinski definition) is 3. The summed E-state index contributed by atoms with van der Waals surface area (Å²) in [5.41, 5.74) is 1.81. The predicted octanol–water partition coefficient (Wildman–Crippen LogP) is 3.17. The Morgan fingerprint density at radius 1 is 1.22 bits per heavy atom. The van der Waals surface area contributed by atoms with Crippen molar-refractivity contribution >= 4 is 21.7 Å². The van der Waals surface area contributed by atoms with Gasteiger partial charge in [0.25, 0.3) is 0 Å². The molecule has 0 unspecified atom stereocenters. The zero-order valence-corrected chi connectivity index (χ0v) is 11.3. The van der Waals surface area contributed by atoms with Crippen molar-refractivity contribution in [2.75, 3.05) is 7.11 Å². The van der Waals surface area contributed by atoms with E-state index in [-0.39, 0.29) is 0 Å². The topological polar surface area (TPSA) is 39.4 Å². The Hall–Kier alpha value is -1.88. The number of aromatic nitrogens is 3. The van der Waals surface area contributed by atoms with E-state index in [1.54, 1.807) is 13.3 Å². The maximum atomic E-state index is 5.34. The molecule has 1 aromatic carbocycles. The van der Waals surface area contributed by atoms with Gasteiger partial charge < -0.3 is 4.74 Å². The van der Waals surface area contributed by atoms with Crippen LogP contribution in [0.15, 0.2) is 47.3 Å². The Morgan fingerprint density at radius 3 is 2.89 bits per heavy atom. The highest BCUT2D eigenvalue weighted by molar-refractivity contribution is 9.10. The highest BCUT2D eigenvalue weighted by Gasteiger charge is 2.09. The van der Waals surface area contributed by atoms with Crippen LogP contribution in [0.2, 0.25) is 0 Å². The summed E-state index contributed by atoms with van der Waals surface area (Å²) in [6.07, 6.45) is 5.59. The second-order valence-electron chi connectivity index (χ2n) is 3.81. The van der Waals surface area contributed by atoms with E-state index in [1.165, 1.54) is 0 Å². The Morgan fingerprint density at radius 2 is 2.06 bits per heavy atom. The summed E-state index contributed by atoms with van der Waals surface area (Å²) >= 11 is 3.39. The van der Waals surface area contributed by atoms with Crippen molar-refractivity contribution in [3.05, 3.63) is 47.3 Å². The molecule has 2 heterocycles. The number of benzene rings is 1. The van der Waals surface area contributed by atoms with Crippen LogP contribution in [0.5, 0.6) is 5.75 Å². The van der Waals surface area contributed by atoms with Crippen LogP contribution in [0.25, 0.3) is 17.0 Å². The Labute approximate surface area is 112 Å². The largest absolute Gasteiger partial charge is 0.496 e. The average Bonchev–Trinajstić information content (AvgIpc) is 2.81. The second kappa shape index (κ2) is 4.42. The lowest BCUT2D eigenvalue weighted by atomic mass is 10.1. The first-order chi connectivity index (χ1) is 8.78. The maximum absolute atomic E-state index is 5.34. The van der Waals surface area contributed by atoms with Crippen LogP contribution in [-0.4, -0.2) is 21.5 Å². The van der Waals surface area contributed by atoms with Crippen molar-refractivity contribution in [2.24, 2.45) is 0 Å². The van der Waals surface area contributed by atoms with Crippen molar-refractivity contribution in [2.45, 2.75) is 0 Å². The second-order valence-corrected chi connectivity index (χ2v) is 4.72. The SMILES string of the molecule is COc1ccccc1-c1cn2cc(Br)cnc2n1. The molecule has 0 aliphatic heterocycles. The minimum atomic E-state index is 0.666. The van der Waals surface area contributed by atoms with Crippen LogP contribution < -0.4 is 4.74 Å². The fourth-order valence-corrected chi connectivity index (χ4v) is 2.17. The molecule has 0 aliphatic carbocycles. The van der Waals surface area contributed by atoms with Gasteiger partial charge in [-0.05, 0) is 28.1 Å². The molecule has 0 N–H and O–H groups in total. The van der Waals surface area contributed by atoms with Gasteiger partial charge in [0.1, 0.15) is 5.75 Å². The number of methoxy groups -OCH3 is 1. The first kappa shape index (κ1) is 11.2. The molecule has 0 aliphatic rings. The number of rotatable bonds is 2. The monoisotopic (exact) mass is 303 g/mol. The molecule has 0 fully saturated rings. The lowest BCUT2D eigenvalue weighted by molar-refractivity contribution is 0.416. The van der Waals surface area contributed by atoms with Gasteiger partial charge in [0, 0.05) is 24.2 Å². The quantitative estimate of drug-likeness (QED) is 0.730. The Bertz CT molecular complexity index is 708. The predicted molar refractivity (Wildman–Crippen MR) is 72.7 cm³/mol. The normalized spacial score (nSPS) is 10.8. The van der Waals surface area contributed by atoms with Crippen LogP contribution in [0.3, 0.4) is 0 Å². The molecule has 3 rings (SSSR count). The summed E-state index contributed by atoms with van der Waals surface area (Å²) in [5.74, 6) is 1.47. The number of hydrogen-bond donors (Lipinski definition) is 0. The fraction of sp³-hybridized carbons (Fsp3) is 0.0769. The molecule has 90 valence electrons. The van der Waals surface area contributed by atoms with Crippen LogP contribution in [0.1, 0.15) is 0 Å². The summed E-state index contributed by atoms with van der Waals surface area (Å²) in [5, 5.41) is 0. The van der Waals surface area contributed by atoms with Crippen molar-refractivity contribution in [3.63, 3.8) is 0 Å². The first-order valence-electron chi connectivity index (χ1n) is 5.41. The van der Waals surface area contributed by atoms with E-state index in [9.17, 15) is 0 Å². The Balaban J connectivity index is 2.19. The van der Waals surface area contributed by atoms with E-state index >= 15 is 0 Å². The molecule has 2 aromatic heterocycles. The number of fused-ring (bicyclic) bond motifs is 1. The minimum absolute atomic E-state index is 0.666. The van der Waals surface area contributed by atoms with Gasteiger partial charge in [-0.2, -0.15) is 0 Å². The van der Waals surface area contributed by atoms with Crippen molar-refractivity contribution in [1.29, 1.82) is 0 Å². The highest BCUT2D eigenvalue weighted by atomic mass is 79.9. The van der Waals surface area contributed by atoms with Gasteiger partial charge in [-0.15, -0.1) is 0 Å². The van der Waals surface area contributed by atoms with Crippen molar-refractivity contribution in [3.8, 4) is 17.0 Å². The zero-order valence-electron chi connectivity index (χ0n) is 9.67. The number of ether oxygens (including phenoxy) is 1. The highest BCUT2D eigenvalue weighted by Crippen LogP contribution is 2.28. The molecule has 18 heavy (non-hydrogen) atoms.